The predicted molar refractivity (Wildman–Crippen MR) is 137 cm³/mol. The summed E-state index contributed by atoms with van der Waals surface area (Å²) in [6, 6.07) is 6.79. The Kier molecular flexibility index (Phi) is 9.35. The summed E-state index contributed by atoms with van der Waals surface area (Å²) in [4.78, 5) is 0. The van der Waals surface area contributed by atoms with Gasteiger partial charge in [-0.05, 0) is 104 Å². The summed E-state index contributed by atoms with van der Waals surface area (Å²) in [5, 5.41) is 0. The lowest BCUT2D eigenvalue weighted by Gasteiger charge is -2.30. The molecule has 4 rings (SSSR count). The molecule has 2 aliphatic rings. The highest BCUT2D eigenvalue weighted by Gasteiger charge is 2.29. The third-order valence-corrected chi connectivity index (χ3v) is 8.59. The summed E-state index contributed by atoms with van der Waals surface area (Å²) in [5.41, 5.74) is 1.43. The van der Waals surface area contributed by atoms with Gasteiger partial charge in [-0.15, -0.1) is 0 Å². The molecule has 1 nitrogen and oxygen atoms in total. The van der Waals surface area contributed by atoms with Crippen LogP contribution in [0.5, 0.6) is 5.75 Å². The highest BCUT2D eigenvalue weighted by Crippen LogP contribution is 2.42. The average Bonchev–Trinajstić information content (AvgIpc) is 2.89. The maximum atomic E-state index is 15.1. The zero-order chi connectivity index (χ0) is 25.7. The SMILES string of the molecule is CCCCOc1ccc(CCC2CCC(c3ccc(C4CCC(C)CC4)c(F)c3F)CC2)c(F)c1F. The molecule has 0 aromatic heterocycles. The van der Waals surface area contributed by atoms with E-state index < -0.39 is 23.3 Å². The van der Waals surface area contributed by atoms with Crippen molar-refractivity contribution in [3.05, 3.63) is 64.2 Å². The zero-order valence-electron chi connectivity index (χ0n) is 21.7. The predicted octanol–water partition coefficient (Wildman–Crippen LogP) is 9.62. The summed E-state index contributed by atoms with van der Waals surface area (Å²) in [6.07, 6.45) is 10.3. The van der Waals surface area contributed by atoms with E-state index in [1.165, 1.54) is 6.07 Å². The van der Waals surface area contributed by atoms with Gasteiger partial charge in [0.1, 0.15) is 0 Å². The summed E-state index contributed by atoms with van der Waals surface area (Å²) >= 11 is 0. The number of hydrogen-bond acceptors (Lipinski definition) is 1. The molecule has 0 radical (unpaired) electrons. The van der Waals surface area contributed by atoms with Crippen molar-refractivity contribution >= 4 is 0 Å². The van der Waals surface area contributed by atoms with Crippen LogP contribution in [0.25, 0.3) is 0 Å². The Morgan fingerprint density at radius 1 is 0.722 bits per heavy atom. The van der Waals surface area contributed by atoms with Crippen molar-refractivity contribution in [2.45, 2.75) is 103 Å². The summed E-state index contributed by atoms with van der Waals surface area (Å²) in [5.74, 6) is -1.86. The van der Waals surface area contributed by atoms with E-state index in [-0.39, 0.29) is 17.6 Å². The third kappa shape index (κ3) is 6.26. The van der Waals surface area contributed by atoms with Gasteiger partial charge < -0.3 is 4.74 Å². The smallest absolute Gasteiger partial charge is 0.200 e. The molecule has 0 spiro atoms. The number of rotatable bonds is 9. The number of aryl methyl sites for hydroxylation is 1. The monoisotopic (exact) mass is 504 g/mol. The molecule has 5 heteroatoms. The van der Waals surface area contributed by atoms with Gasteiger partial charge in [-0.1, -0.05) is 51.3 Å². The summed E-state index contributed by atoms with van der Waals surface area (Å²) in [7, 11) is 0. The number of unbranched alkanes of at least 4 members (excludes halogenated alkanes) is 1. The van der Waals surface area contributed by atoms with Gasteiger partial charge in [0.15, 0.2) is 23.2 Å². The molecule has 2 saturated carbocycles. The Morgan fingerprint density at radius 2 is 1.31 bits per heavy atom. The van der Waals surface area contributed by atoms with Gasteiger partial charge in [-0.25, -0.2) is 13.2 Å². The summed E-state index contributed by atoms with van der Waals surface area (Å²) < 4.78 is 64.4. The molecule has 0 amide bonds. The van der Waals surface area contributed by atoms with Gasteiger partial charge in [-0.2, -0.15) is 4.39 Å². The van der Waals surface area contributed by atoms with Crippen molar-refractivity contribution in [1.82, 2.24) is 0 Å². The van der Waals surface area contributed by atoms with Crippen molar-refractivity contribution in [3.63, 3.8) is 0 Å². The molecule has 2 fully saturated rings. The summed E-state index contributed by atoms with van der Waals surface area (Å²) in [6.45, 7) is 4.61. The molecule has 0 bridgehead atoms. The number of ether oxygens (including phenoxy) is 1. The molecule has 2 aliphatic carbocycles. The first-order chi connectivity index (χ1) is 17.4. The molecule has 0 atom stereocenters. The highest BCUT2D eigenvalue weighted by molar-refractivity contribution is 5.32. The first kappa shape index (κ1) is 27.0. The fraction of sp³-hybridized carbons (Fsp3) is 0.613. The minimum atomic E-state index is -0.906. The number of benzene rings is 2. The van der Waals surface area contributed by atoms with Gasteiger partial charge in [-0.3, -0.25) is 0 Å². The maximum Gasteiger partial charge on any atom is 0.200 e. The Hall–Kier alpha value is -2.04. The third-order valence-electron chi connectivity index (χ3n) is 8.59. The van der Waals surface area contributed by atoms with Gasteiger partial charge in [0.25, 0.3) is 0 Å². The molecule has 2 aromatic rings. The minimum absolute atomic E-state index is 0.0184. The topological polar surface area (TPSA) is 9.23 Å². The molecule has 0 saturated heterocycles. The van der Waals surface area contributed by atoms with Crippen molar-refractivity contribution < 1.29 is 22.3 Å². The van der Waals surface area contributed by atoms with E-state index in [1.807, 2.05) is 19.1 Å². The zero-order valence-corrected chi connectivity index (χ0v) is 21.7. The minimum Gasteiger partial charge on any atom is -0.490 e. The van der Waals surface area contributed by atoms with E-state index >= 15 is 8.78 Å². The Labute approximate surface area is 213 Å². The average molecular weight is 505 g/mol. The lowest BCUT2D eigenvalue weighted by Crippen LogP contribution is -2.17. The molecule has 0 aliphatic heterocycles. The molecule has 0 N–H and O–H groups in total. The van der Waals surface area contributed by atoms with Crippen LogP contribution in [-0.2, 0) is 6.42 Å². The molecular formula is C31H40F4O. The Balaban J connectivity index is 1.30. The molecule has 0 heterocycles. The Morgan fingerprint density at radius 3 is 1.89 bits per heavy atom. The van der Waals surface area contributed by atoms with E-state index in [1.54, 1.807) is 6.07 Å². The fourth-order valence-corrected chi connectivity index (χ4v) is 6.11. The number of hydrogen-bond donors (Lipinski definition) is 0. The number of halogens is 4. The second-order valence-corrected chi connectivity index (χ2v) is 11.1. The molecule has 198 valence electrons. The van der Waals surface area contributed by atoms with Crippen molar-refractivity contribution in [1.29, 1.82) is 0 Å². The van der Waals surface area contributed by atoms with E-state index in [0.717, 1.165) is 70.6 Å². The van der Waals surface area contributed by atoms with Gasteiger partial charge in [0.2, 0.25) is 5.82 Å². The van der Waals surface area contributed by atoms with Crippen LogP contribution in [0.15, 0.2) is 24.3 Å². The van der Waals surface area contributed by atoms with E-state index in [0.29, 0.717) is 41.6 Å². The van der Waals surface area contributed by atoms with Crippen LogP contribution < -0.4 is 4.74 Å². The fourth-order valence-electron chi connectivity index (χ4n) is 6.11. The first-order valence-electron chi connectivity index (χ1n) is 14.0. The molecular weight excluding hydrogens is 464 g/mol. The van der Waals surface area contributed by atoms with Crippen LogP contribution in [0, 0.1) is 35.1 Å². The van der Waals surface area contributed by atoms with Gasteiger partial charge in [0, 0.05) is 0 Å². The normalized spacial score (nSPS) is 24.6. The first-order valence-corrected chi connectivity index (χ1v) is 14.0. The largest absolute Gasteiger partial charge is 0.490 e. The van der Waals surface area contributed by atoms with Crippen molar-refractivity contribution in [2.75, 3.05) is 6.61 Å². The lowest BCUT2D eigenvalue weighted by molar-refractivity contribution is 0.286. The van der Waals surface area contributed by atoms with Crippen LogP contribution in [0.2, 0.25) is 0 Å². The van der Waals surface area contributed by atoms with Crippen molar-refractivity contribution in [3.8, 4) is 5.75 Å². The highest BCUT2D eigenvalue weighted by atomic mass is 19.2. The van der Waals surface area contributed by atoms with Crippen LogP contribution in [-0.4, -0.2) is 6.61 Å². The quantitative estimate of drug-likeness (QED) is 0.244. The van der Waals surface area contributed by atoms with Gasteiger partial charge >= 0.3 is 0 Å². The van der Waals surface area contributed by atoms with Crippen LogP contribution in [0.4, 0.5) is 17.6 Å². The standard InChI is InChI=1S/C31H40F4O/c1-3-4-19-36-27-18-15-24(28(32)31(27)35)14-9-21-7-12-23(13-8-21)26-17-16-25(29(33)30(26)34)22-10-5-20(2)6-11-22/h15-18,20-23H,3-14,19H2,1-2H3. The van der Waals surface area contributed by atoms with E-state index in [2.05, 4.69) is 6.92 Å². The lowest BCUT2D eigenvalue weighted by atomic mass is 9.75. The molecule has 2 aromatic carbocycles. The second kappa shape index (κ2) is 12.5. The Bertz CT molecular complexity index is 1000. The van der Waals surface area contributed by atoms with Crippen LogP contribution >= 0.6 is 0 Å². The second-order valence-electron chi connectivity index (χ2n) is 11.1. The maximum absolute atomic E-state index is 15.1. The van der Waals surface area contributed by atoms with Crippen LogP contribution in [0.1, 0.15) is 113 Å². The molecule has 36 heavy (non-hydrogen) atoms. The van der Waals surface area contributed by atoms with E-state index in [9.17, 15) is 8.78 Å². The van der Waals surface area contributed by atoms with Gasteiger partial charge in [0.05, 0.1) is 6.61 Å². The van der Waals surface area contributed by atoms with Crippen LogP contribution in [0.3, 0.4) is 0 Å². The van der Waals surface area contributed by atoms with Crippen molar-refractivity contribution in [2.24, 2.45) is 11.8 Å². The van der Waals surface area contributed by atoms with E-state index in [4.69, 9.17) is 4.74 Å². The molecule has 0 unspecified atom stereocenters.